The van der Waals surface area contributed by atoms with Gasteiger partial charge in [0.25, 0.3) is 5.91 Å². The van der Waals surface area contributed by atoms with Crippen molar-refractivity contribution in [1.82, 2.24) is 15.5 Å². The molecule has 1 aliphatic heterocycles. The third-order valence-electron chi connectivity index (χ3n) is 3.36. The number of benzene rings is 1. The van der Waals surface area contributed by atoms with E-state index in [2.05, 4.69) is 10.6 Å². The zero-order chi connectivity index (χ0) is 15.6. The van der Waals surface area contributed by atoms with E-state index in [0.29, 0.717) is 17.1 Å². The van der Waals surface area contributed by atoms with Crippen molar-refractivity contribution < 1.29 is 14.4 Å². The molecule has 2 rings (SSSR count). The van der Waals surface area contributed by atoms with Gasteiger partial charge < -0.3 is 10.6 Å². The highest BCUT2D eigenvalue weighted by Crippen LogP contribution is 2.33. The van der Waals surface area contributed by atoms with Gasteiger partial charge >= 0.3 is 6.03 Å². The van der Waals surface area contributed by atoms with Crippen LogP contribution < -0.4 is 10.6 Å². The minimum atomic E-state index is -1.26. The summed E-state index contributed by atoms with van der Waals surface area (Å²) < 4.78 is 0. The topological polar surface area (TPSA) is 78.5 Å². The van der Waals surface area contributed by atoms with E-state index in [1.54, 1.807) is 38.1 Å². The number of hydrogen-bond acceptors (Lipinski definition) is 3. The molecule has 7 heteroatoms. The van der Waals surface area contributed by atoms with Gasteiger partial charge in [-0.1, -0.05) is 29.8 Å². The normalized spacial score (nSPS) is 21.4. The highest BCUT2D eigenvalue weighted by atomic mass is 35.5. The zero-order valence-corrected chi connectivity index (χ0v) is 12.5. The Balaban J connectivity index is 2.29. The van der Waals surface area contributed by atoms with E-state index in [-0.39, 0.29) is 12.5 Å². The third kappa shape index (κ3) is 2.71. The van der Waals surface area contributed by atoms with Crippen molar-refractivity contribution in [2.75, 3.05) is 13.1 Å². The van der Waals surface area contributed by atoms with E-state index in [1.807, 2.05) is 0 Å². The second-order valence-electron chi connectivity index (χ2n) is 4.88. The van der Waals surface area contributed by atoms with Crippen molar-refractivity contribution in [2.45, 2.75) is 19.4 Å². The van der Waals surface area contributed by atoms with Crippen LogP contribution in [-0.4, -0.2) is 35.8 Å². The first-order valence-electron chi connectivity index (χ1n) is 6.56. The number of imide groups is 1. The van der Waals surface area contributed by atoms with E-state index < -0.39 is 17.5 Å². The van der Waals surface area contributed by atoms with Crippen molar-refractivity contribution in [1.29, 1.82) is 0 Å². The summed E-state index contributed by atoms with van der Waals surface area (Å²) in [6.45, 7) is 3.46. The molecular formula is C14H16ClN3O3. The number of nitrogens with zero attached hydrogens (tertiary/aromatic N) is 1. The third-order valence-corrected chi connectivity index (χ3v) is 3.69. The molecule has 6 nitrogen and oxygen atoms in total. The molecule has 0 aliphatic carbocycles. The van der Waals surface area contributed by atoms with Crippen LogP contribution in [0.25, 0.3) is 0 Å². The Bertz CT molecular complexity index is 605. The summed E-state index contributed by atoms with van der Waals surface area (Å²) in [7, 11) is 0. The number of halogens is 1. The Morgan fingerprint density at radius 2 is 2.05 bits per heavy atom. The first kappa shape index (κ1) is 15.3. The number of carbonyl (C=O) groups is 3. The van der Waals surface area contributed by atoms with E-state index in [0.717, 1.165) is 4.90 Å². The van der Waals surface area contributed by atoms with E-state index in [4.69, 9.17) is 11.6 Å². The maximum Gasteiger partial charge on any atom is 0.325 e. The number of urea groups is 1. The number of rotatable bonds is 4. The quantitative estimate of drug-likeness (QED) is 0.821. The average molecular weight is 310 g/mol. The largest absolute Gasteiger partial charge is 0.355 e. The van der Waals surface area contributed by atoms with Crippen LogP contribution in [0.3, 0.4) is 0 Å². The fraction of sp³-hybridized carbons (Fsp3) is 0.357. The van der Waals surface area contributed by atoms with Gasteiger partial charge in [-0.25, -0.2) is 4.79 Å². The van der Waals surface area contributed by atoms with Gasteiger partial charge in [-0.2, -0.15) is 0 Å². The summed E-state index contributed by atoms with van der Waals surface area (Å²) in [5.74, 6) is -0.878. The van der Waals surface area contributed by atoms with Crippen molar-refractivity contribution >= 4 is 29.4 Å². The van der Waals surface area contributed by atoms with Gasteiger partial charge in [0.15, 0.2) is 0 Å². The molecular weight excluding hydrogens is 294 g/mol. The van der Waals surface area contributed by atoms with Crippen LogP contribution in [0.2, 0.25) is 5.02 Å². The van der Waals surface area contributed by atoms with E-state index in [1.165, 1.54) is 0 Å². The molecule has 0 bridgehead atoms. The highest BCUT2D eigenvalue weighted by Gasteiger charge is 2.50. The lowest BCUT2D eigenvalue weighted by Gasteiger charge is -2.23. The van der Waals surface area contributed by atoms with Gasteiger partial charge in [0.2, 0.25) is 5.91 Å². The molecule has 1 saturated heterocycles. The molecule has 1 fully saturated rings. The molecule has 4 amide bonds. The average Bonchev–Trinajstić information content (AvgIpc) is 2.64. The lowest BCUT2D eigenvalue weighted by Crippen LogP contribution is -2.43. The molecule has 2 N–H and O–H groups in total. The van der Waals surface area contributed by atoms with Gasteiger partial charge in [-0.15, -0.1) is 0 Å². The first-order valence-corrected chi connectivity index (χ1v) is 6.93. The number of hydrogen-bond donors (Lipinski definition) is 2. The predicted molar refractivity (Wildman–Crippen MR) is 77.7 cm³/mol. The van der Waals surface area contributed by atoms with Crippen molar-refractivity contribution in [3.63, 3.8) is 0 Å². The maximum absolute atomic E-state index is 12.5. The van der Waals surface area contributed by atoms with Crippen molar-refractivity contribution in [3.8, 4) is 0 Å². The molecule has 1 aliphatic rings. The smallest absolute Gasteiger partial charge is 0.325 e. The highest BCUT2D eigenvalue weighted by molar-refractivity contribution is 6.32. The lowest BCUT2D eigenvalue weighted by molar-refractivity contribution is -0.134. The second kappa shape index (κ2) is 5.73. The molecule has 0 aromatic heterocycles. The fourth-order valence-electron chi connectivity index (χ4n) is 2.29. The van der Waals surface area contributed by atoms with Crippen LogP contribution >= 0.6 is 11.6 Å². The molecule has 1 heterocycles. The number of carbonyl (C=O) groups excluding carboxylic acids is 3. The fourth-order valence-corrected chi connectivity index (χ4v) is 2.61. The maximum atomic E-state index is 12.5. The summed E-state index contributed by atoms with van der Waals surface area (Å²) in [6.07, 6.45) is 0. The molecule has 112 valence electrons. The van der Waals surface area contributed by atoms with Gasteiger partial charge in [-0.3, -0.25) is 14.5 Å². The molecule has 0 spiro atoms. The molecule has 0 radical (unpaired) electrons. The van der Waals surface area contributed by atoms with Crippen LogP contribution in [0.4, 0.5) is 4.79 Å². The molecule has 1 aromatic rings. The van der Waals surface area contributed by atoms with Crippen LogP contribution in [-0.2, 0) is 15.1 Å². The Labute approximate surface area is 127 Å². The summed E-state index contributed by atoms with van der Waals surface area (Å²) >= 11 is 6.11. The monoisotopic (exact) mass is 309 g/mol. The molecule has 0 saturated carbocycles. The van der Waals surface area contributed by atoms with Gasteiger partial charge in [0.05, 0.1) is 0 Å². The number of amides is 4. The molecule has 21 heavy (non-hydrogen) atoms. The van der Waals surface area contributed by atoms with Crippen LogP contribution in [0.15, 0.2) is 24.3 Å². The number of nitrogens with one attached hydrogen (secondary N) is 2. The SMILES string of the molecule is CCNC(=O)CN1C(=O)N[C@@](C)(c2ccccc2Cl)C1=O. The van der Waals surface area contributed by atoms with Crippen molar-refractivity contribution in [3.05, 3.63) is 34.9 Å². The van der Waals surface area contributed by atoms with Gasteiger partial charge in [0.1, 0.15) is 12.1 Å². The molecule has 1 aromatic carbocycles. The lowest BCUT2D eigenvalue weighted by atomic mass is 9.92. The van der Waals surface area contributed by atoms with Crippen molar-refractivity contribution in [2.24, 2.45) is 0 Å². The summed E-state index contributed by atoms with van der Waals surface area (Å²) in [6, 6.07) is 6.19. The van der Waals surface area contributed by atoms with Crippen LogP contribution in [0.5, 0.6) is 0 Å². The Morgan fingerprint density at radius 1 is 1.38 bits per heavy atom. The number of likely N-dealkylation sites (N-methyl/N-ethyl adjacent to an activating group) is 1. The van der Waals surface area contributed by atoms with Crippen LogP contribution in [0, 0.1) is 0 Å². The van der Waals surface area contributed by atoms with E-state index >= 15 is 0 Å². The van der Waals surface area contributed by atoms with Crippen LogP contribution in [0.1, 0.15) is 19.4 Å². The molecule has 1 atom stereocenters. The minimum absolute atomic E-state index is 0.307. The zero-order valence-electron chi connectivity index (χ0n) is 11.8. The van der Waals surface area contributed by atoms with E-state index in [9.17, 15) is 14.4 Å². The van der Waals surface area contributed by atoms with Gasteiger partial charge in [-0.05, 0) is 19.9 Å². The first-order chi connectivity index (χ1) is 9.90. The Kier molecular flexibility index (Phi) is 4.18. The Hall–Kier alpha value is -2.08. The Morgan fingerprint density at radius 3 is 2.67 bits per heavy atom. The summed E-state index contributed by atoms with van der Waals surface area (Å²) in [5.41, 5.74) is -0.759. The molecule has 0 unspecified atom stereocenters. The minimum Gasteiger partial charge on any atom is -0.355 e. The summed E-state index contributed by atoms with van der Waals surface area (Å²) in [5, 5.41) is 5.54. The summed E-state index contributed by atoms with van der Waals surface area (Å²) in [4.78, 5) is 37.0. The second-order valence-corrected chi connectivity index (χ2v) is 5.29. The van der Waals surface area contributed by atoms with Gasteiger partial charge in [0, 0.05) is 17.1 Å². The predicted octanol–water partition coefficient (Wildman–Crippen LogP) is 1.24. The standard InChI is InChI=1S/C14H16ClN3O3/c1-3-16-11(19)8-18-12(20)14(2,17-13(18)21)9-6-4-5-7-10(9)15/h4-7H,3,8H2,1-2H3,(H,16,19)(H,17,21)/t14-/m0/s1.